The first kappa shape index (κ1) is 20.4. The van der Waals surface area contributed by atoms with Gasteiger partial charge in [-0.25, -0.2) is 4.57 Å². The smallest absolute Gasteiger partial charge is 0.426 e. The van der Waals surface area contributed by atoms with Crippen molar-refractivity contribution < 1.29 is 27.7 Å². The van der Waals surface area contributed by atoms with Crippen molar-refractivity contribution in [3.8, 4) is 11.5 Å². The van der Waals surface area contributed by atoms with Gasteiger partial charge in [0.05, 0.1) is 13.2 Å². The lowest BCUT2D eigenvalue weighted by Gasteiger charge is -2.22. The average Bonchev–Trinajstić information content (AvgIpc) is 2.62. The summed E-state index contributed by atoms with van der Waals surface area (Å²) in [7, 11) is -3.75. The van der Waals surface area contributed by atoms with Crippen molar-refractivity contribution in [1.82, 2.24) is 0 Å². The largest absolute Gasteiger partial charge is 0.530 e. The van der Waals surface area contributed by atoms with Crippen molar-refractivity contribution in [2.45, 2.75) is 41.0 Å². The summed E-state index contributed by atoms with van der Waals surface area (Å²) in [6.07, 6.45) is 0.273. The Hall–Kier alpha value is -1.88. The van der Waals surface area contributed by atoms with Crippen LogP contribution in [0.5, 0.6) is 11.5 Å². The van der Waals surface area contributed by atoms with Crippen molar-refractivity contribution in [3.05, 3.63) is 35.4 Å². The van der Waals surface area contributed by atoms with Crippen LogP contribution in [0.1, 0.15) is 38.3 Å². The number of benzene rings is 2. The molecule has 0 bridgehead atoms. The molecule has 7 heteroatoms. The molecule has 6 nitrogen and oxygen atoms in total. The fraction of sp³-hybridized carbons (Fsp3) is 0.421. The number of hydrogen-bond acceptors (Lipinski definition) is 6. The maximum atomic E-state index is 12.8. The maximum Gasteiger partial charge on any atom is 0.530 e. The fourth-order valence-electron chi connectivity index (χ4n) is 2.58. The van der Waals surface area contributed by atoms with Crippen molar-refractivity contribution >= 4 is 24.6 Å². The van der Waals surface area contributed by atoms with E-state index in [1.807, 2.05) is 38.1 Å². The van der Waals surface area contributed by atoms with Crippen molar-refractivity contribution in [2.24, 2.45) is 0 Å². The number of ether oxygens (including phenoxy) is 1. The zero-order chi connectivity index (χ0) is 19.3. The first-order valence-electron chi connectivity index (χ1n) is 8.68. The number of fused-ring (bicyclic) bond motifs is 1. The Kier molecular flexibility index (Phi) is 6.81. The molecule has 0 saturated heterocycles. The summed E-state index contributed by atoms with van der Waals surface area (Å²) in [6.45, 7) is 9.22. The van der Waals surface area contributed by atoms with Gasteiger partial charge in [0.15, 0.2) is 0 Å². The summed E-state index contributed by atoms with van der Waals surface area (Å²) in [4.78, 5) is 11.8. The molecule has 0 aromatic heterocycles. The number of esters is 1. The molecule has 0 saturated carbocycles. The molecule has 142 valence electrons. The van der Waals surface area contributed by atoms with E-state index in [2.05, 4.69) is 0 Å². The van der Waals surface area contributed by atoms with Crippen LogP contribution in [0, 0.1) is 13.8 Å². The third-order valence-electron chi connectivity index (χ3n) is 3.94. The Balaban J connectivity index is 2.65. The molecule has 2 aromatic rings. The van der Waals surface area contributed by atoms with Crippen LogP contribution >= 0.6 is 7.82 Å². The molecule has 0 atom stereocenters. The Morgan fingerprint density at radius 2 is 1.42 bits per heavy atom. The van der Waals surface area contributed by atoms with Gasteiger partial charge in [0, 0.05) is 17.2 Å². The Labute approximate surface area is 154 Å². The van der Waals surface area contributed by atoms with Crippen molar-refractivity contribution in [2.75, 3.05) is 13.2 Å². The molecule has 0 aliphatic carbocycles. The minimum atomic E-state index is -3.75. The highest BCUT2D eigenvalue weighted by Crippen LogP contribution is 2.53. The molecule has 26 heavy (non-hydrogen) atoms. The molecule has 0 radical (unpaired) electrons. The van der Waals surface area contributed by atoms with Gasteiger partial charge in [0.1, 0.15) is 11.5 Å². The van der Waals surface area contributed by atoms with E-state index in [9.17, 15) is 9.36 Å². The molecule has 0 N–H and O–H groups in total. The predicted molar refractivity (Wildman–Crippen MR) is 101 cm³/mol. The summed E-state index contributed by atoms with van der Waals surface area (Å²) >= 11 is 0. The molecule has 0 unspecified atom stereocenters. The van der Waals surface area contributed by atoms with E-state index in [0.717, 1.165) is 5.56 Å². The number of hydrogen-bond donors (Lipinski definition) is 0. The summed E-state index contributed by atoms with van der Waals surface area (Å²) in [6, 6.07) is 7.33. The molecule has 0 spiro atoms. The van der Waals surface area contributed by atoms with Crippen LogP contribution in [-0.2, 0) is 18.4 Å². The normalized spacial score (nSPS) is 11.6. The third-order valence-corrected chi connectivity index (χ3v) is 5.50. The average molecular weight is 380 g/mol. The number of carbonyl (C=O) groups is 1. The van der Waals surface area contributed by atoms with Crippen LogP contribution in [0.2, 0.25) is 0 Å². The minimum absolute atomic E-state index is 0.194. The SMILES string of the molecule is CCOP(=O)(OCC)Oc1c(C)c(C)c(OC(=O)CC)c2ccccc12. The second kappa shape index (κ2) is 8.67. The van der Waals surface area contributed by atoms with Crippen LogP contribution in [0.3, 0.4) is 0 Å². The Bertz CT molecular complexity index is 836. The van der Waals surface area contributed by atoms with Crippen LogP contribution in [0.4, 0.5) is 0 Å². The van der Waals surface area contributed by atoms with E-state index in [4.69, 9.17) is 18.3 Å². The first-order chi connectivity index (χ1) is 12.4. The first-order valence-corrected chi connectivity index (χ1v) is 10.1. The van der Waals surface area contributed by atoms with Gasteiger partial charge in [-0.15, -0.1) is 0 Å². The van der Waals surface area contributed by atoms with E-state index in [0.29, 0.717) is 27.8 Å². The van der Waals surface area contributed by atoms with E-state index >= 15 is 0 Å². The van der Waals surface area contributed by atoms with Crippen molar-refractivity contribution in [3.63, 3.8) is 0 Å². The van der Waals surface area contributed by atoms with Crippen molar-refractivity contribution in [1.29, 1.82) is 0 Å². The standard InChI is InChI=1S/C19H25O6P/c1-6-17(20)24-18-13(4)14(5)19(16-12-10-9-11-15(16)18)25-26(21,22-7-2)23-8-3/h9-12H,6-8H2,1-5H3. The maximum absolute atomic E-state index is 12.8. The predicted octanol–water partition coefficient (Wildman–Crippen LogP) is 5.33. The quantitative estimate of drug-likeness (QED) is 0.350. The molecule has 0 heterocycles. The van der Waals surface area contributed by atoms with Gasteiger partial charge in [-0.2, -0.15) is 0 Å². The molecule has 0 amide bonds. The number of phosphoric ester groups is 1. The highest BCUT2D eigenvalue weighted by Gasteiger charge is 2.30. The topological polar surface area (TPSA) is 71.1 Å². The molecule has 0 aliphatic rings. The summed E-state index contributed by atoms with van der Waals surface area (Å²) < 4.78 is 34.7. The van der Waals surface area contributed by atoms with Gasteiger partial charge in [0.25, 0.3) is 0 Å². The fourth-order valence-corrected chi connectivity index (χ4v) is 3.85. The highest BCUT2D eigenvalue weighted by molar-refractivity contribution is 7.48. The minimum Gasteiger partial charge on any atom is -0.426 e. The van der Waals surface area contributed by atoms with E-state index in [1.54, 1.807) is 20.8 Å². The number of carbonyl (C=O) groups excluding carboxylic acids is 1. The van der Waals surface area contributed by atoms with Gasteiger partial charge in [-0.3, -0.25) is 13.8 Å². The lowest BCUT2D eigenvalue weighted by molar-refractivity contribution is -0.133. The highest BCUT2D eigenvalue weighted by atomic mass is 31.2. The van der Waals surface area contributed by atoms with Crippen LogP contribution < -0.4 is 9.26 Å². The van der Waals surface area contributed by atoms with Gasteiger partial charge in [-0.1, -0.05) is 31.2 Å². The number of rotatable bonds is 8. The summed E-state index contributed by atoms with van der Waals surface area (Å²) in [5.41, 5.74) is 1.45. The second-order valence-electron chi connectivity index (χ2n) is 5.66. The van der Waals surface area contributed by atoms with Gasteiger partial charge in [-0.05, 0) is 38.8 Å². The van der Waals surface area contributed by atoms with Crippen LogP contribution in [0.15, 0.2) is 24.3 Å². The lowest BCUT2D eigenvalue weighted by atomic mass is 9.99. The molecule has 0 aliphatic heterocycles. The van der Waals surface area contributed by atoms with Crippen LogP contribution in [-0.4, -0.2) is 19.2 Å². The van der Waals surface area contributed by atoms with Gasteiger partial charge < -0.3 is 9.26 Å². The van der Waals surface area contributed by atoms with Crippen LogP contribution in [0.25, 0.3) is 10.8 Å². The second-order valence-corrected chi connectivity index (χ2v) is 7.25. The van der Waals surface area contributed by atoms with E-state index in [1.165, 1.54) is 0 Å². The molecule has 2 aromatic carbocycles. The summed E-state index contributed by atoms with van der Waals surface area (Å²) in [5.74, 6) is 0.570. The van der Waals surface area contributed by atoms with Gasteiger partial charge in [0.2, 0.25) is 0 Å². The molecular weight excluding hydrogens is 355 g/mol. The zero-order valence-electron chi connectivity index (χ0n) is 15.8. The Morgan fingerprint density at radius 1 is 0.923 bits per heavy atom. The van der Waals surface area contributed by atoms with E-state index < -0.39 is 7.82 Å². The van der Waals surface area contributed by atoms with Gasteiger partial charge >= 0.3 is 13.8 Å². The van der Waals surface area contributed by atoms with E-state index in [-0.39, 0.29) is 25.6 Å². The lowest BCUT2D eigenvalue weighted by Crippen LogP contribution is -2.09. The molecular formula is C19H25O6P. The molecule has 0 fully saturated rings. The Morgan fingerprint density at radius 3 is 1.92 bits per heavy atom. The zero-order valence-corrected chi connectivity index (χ0v) is 16.7. The monoisotopic (exact) mass is 380 g/mol. The number of phosphoric acid groups is 1. The third kappa shape index (κ3) is 4.26. The molecule has 2 rings (SSSR count). The summed E-state index contributed by atoms with van der Waals surface area (Å²) in [5, 5.41) is 1.38.